The highest BCUT2D eigenvalue weighted by molar-refractivity contribution is 8.00. The molecule has 3 rings (SSSR count). The molecule has 1 amide bonds. The minimum absolute atomic E-state index is 0.0540. The number of ether oxygens (including phenoxy) is 1. The SMILES string of the molecule is O=C(c1ccc(C(F)(F)F)cc1)N1CCS[C@H]1COc1ccc([N+](=O)[O-])cc1. The molecule has 0 N–H and O–H groups in total. The molecular weight excluding hydrogens is 397 g/mol. The number of thioether (sulfide) groups is 1. The van der Waals surface area contributed by atoms with Gasteiger partial charge in [0, 0.05) is 30.0 Å². The monoisotopic (exact) mass is 412 g/mol. The summed E-state index contributed by atoms with van der Waals surface area (Å²) in [5, 5.41) is 10.4. The molecule has 0 spiro atoms. The third-order valence-corrected chi connectivity index (χ3v) is 5.34. The third-order valence-electron chi connectivity index (χ3n) is 4.15. The summed E-state index contributed by atoms with van der Waals surface area (Å²) in [5.41, 5.74) is -0.685. The first-order valence-electron chi connectivity index (χ1n) is 8.23. The predicted molar refractivity (Wildman–Crippen MR) is 97.3 cm³/mol. The lowest BCUT2D eigenvalue weighted by atomic mass is 10.1. The Morgan fingerprint density at radius 1 is 1.18 bits per heavy atom. The molecule has 2 aromatic carbocycles. The Kier molecular flexibility index (Phi) is 5.78. The zero-order valence-corrected chi connectivity index (χ0v) is 15.2. The van der Waals surface area contributed by atoms with Crippen molar-refractivity contribution in [3.63, 3.8) is 0 Å². The van der Waals surface area contributed by atoms with Gasteiger partial charge in [-0.05, 0) is 36.4 Å². The van der Waals surface area contributed by atoms with E-state index in [4.69, 9.17) is 4.74 Å². The molecule has 1 aliphatic rings. The van der Waals surface area contributed by atoms with Crippen LogP contribution in [-0.2, 0) is 6.18 Å². The summed E-state index contributed by atoms with van der Waals surface area (Å²) in [5.74, 6) is 0.747. The molecule has 1 fully saturated rings. The van der Waals surface area contributed by atoms with Crippen molar-refractivity contribution in [2.45, 2.75) is 11.6 Å². The zero-order valence-electron chi connectivity index (χ0n) is 14.4. The molecule has 10 heteroatoms. The van der Waals surface area contributed by atoms with Crippen LogP contribution in [0.3, 0.4) is 0 Å². The van der Waals surface area contributed by atoms with Crippen molar-refractivity contribution in [3.05, 3.63) is 69.8 Å². The van der Waals surface area contributed by atoms with E-state index in [1.165, 1.54) is 48.2 Å². The van der Waals surface area contributed by atoms with Gasteiger partial charge in [0.05, 0.1) is 10.5 Å². The molecule has 1 heterocycles. The van der Waals surface area contributed by atoms with E-state index in [2.05, 4.69) is 0 Å². The standard InChI is InChI=1S/C18H15F3N2O4S/c19-18(20,21)13-3-1-12(2-4-13)17(24)22-9-10-28-16(22)11-27-15-7-5-14(6-8-15)23(25)26/h1-8,16H,9-11H2/t16-/m0/s1. The number of amides is 1. The van der Waals surface area contributed by atoms with Crippen molar-refractivity contribution >= 4 is 23.4 Å². The molecule has 0 aromatic heterocycles. The van der Waals surface area contributed by atoms with Gasteiger partial charge in [0.15, 0.2) is 0 Å². The maximum Gasteiger partial charge on any atom is 0.416 e. The summed E-state index contributed by atoms with van der Waals surface area (Å²) >= 11 is 1.50. The van der Waals surface area contributed by atoms with E-state index in [1.54, 1.807) is 4.90 Å². The van der Waals surface area contributed by atoms with Gasteiger partial charge in [-0.2, -0.15) is 13.2 Å². The Bertz CT molecular complexity index is 857. The van der Waals surface area contributed by atoms with Gasteiger partial charge in [0.2, 0.25) is 0 Å². The summed E-state index contributed by atoms with van der Waals surface area (Å²) in [4.78, 5) is 24.4. The van der Waals surface area contributed by atoms with E-state index in [0.29, 0.717) is 18.0 Å². The maximum atomic E-state index is 12.7. The fourth-order valence-corrected chi connectivity index (χ4v) is 3.81. The lowest BCUT2D eigenvalue weighted by Crippen LogP contribution is -2.38. The van der Waals surface area contributed by atoms with Crippen LogP contribution in [-0.4, -0.2) is 40.0 Å². The van der Waals surface area contributed by atoms with Gasteiger partial charge >= 0.3 is 6.18 Å². The summed E-state index contributed by atoms with van der Waals surface area (Å²) in [6.07, 6.45) is -4.45. The van der Waals surface area contributed by atoms with E-state index in [-0.39, 0.29) is 29.1 Å². The molecule has 0 aliphatic carbocycles. The number of benzene rings is 2. The van der Waals surface area contributed by atoms with Crippen molar-refractivity contribution in [2.24, 2.45) is 0 Å². The second kappa shape index (κ2) is 8.09. The minimum atomic E-state index is -4.45. The van der Waals surface area contributed by atoms with Crippen molar-refractivity contribution in [3.8, 4) is 5.75 Å². The molecule has 148 valence electrons. The first kappa shape index (κ1) is 20.0. The van der Waals surface area contributed by atoms with Crippen LogP contribution in [0, 0.1) is 10.1 Å². The Hall–Kier alpha value is -2.75. The molecule has 6 nitrogen and oxygen atoms in total. The lowest BCUT2D eigenvalue weighted by molar-refractivity contribution is -0.384. The number of nitrogens with zero attached hydrogens (tertiary/aromatic N) is 2. The first-order chi connectivity index (χ1) is 13.3. The number of nitro benzene ring substituents is 1. The Labute approximate surface area is 162 Å². The molecule has 1 aliphatic heterocycles. The summed E-state index contributed by atoms with van der Waals surface area (Å²) in [7, 11) is 0. The maximum absolute atomic E-state index is 12.7. The smallest absolute Gasteiger partial charge is 0.416 e. The number of hydrogen-bond donors (Lipinski definition) is 0. The number of non-ortho nitro benzene ring substituents is 1. The molecule has 0 bridgehead atoms. The van der Waals surface area contributed by atoms with Crippen LogP contribution in [0.4, 0.5) is 18.9 Å². The largest absolute Gasteiger partial charge is 0.491 e. The van der Waals surface area contributed by atoms with Crippen molar-refractivity contribution < 1.29 is 27.6 Å². The average molecular weight is 412 g/mol. The molecule has 0 saturated carbocycles. The van der Waals surface area contributed by atoms with E-state index >= 15 is 0 Å². The third kappa shape index (κ3) is 4.56. The number of hydrogen-bond acceptors (Lipinski definition) is 5. The van der Waals surface area contributed by atoms with E-state index in [0.717, 1.165) is 12.1 Å². The fourth-order valence-electron chi connectivity index (χ4n) is 2.69. The fraction of sp³-hybridized carbons (Fsp3) is 0.278. The normalized spacial score (nSPS) is 16.8. The van der Waals surface area contributed by atoms with Crippen molar-refractivity contribution in [2.75, 3.05) is 18.9 Å². The van der Waals surface area contributed by atoms with Gasteiger partial charge in [-0.25, -0.2) is 0 Å². The number of nitro groups is 1. The minimum Gasteiger partial charge on any atom is -0.491 e. The number of halogens is 3. The average Bonchev–Trinajstić information content (AvgIpc) is 3.14. The quantitative estimate of drug-likeness (QED) is 0.544. The number of carbonyl (C=O) groups is 1. The van der Waals surface area contributed by atoms with Crippen molar-refractivity contribution in [1.29, 1.82) is 0 Å². The van der Waals surface area contributed by atoms with Crippen LogP contribution in [0.1, 0.15) is 15.9 Å². The van der Waals surface area contributed by atoms with Gasteiger partial charge in [-0.3, -0.25) is 14.9 Å². The number of carbonyl (C=O) groups excluding carboxylic acids is 1. The molecule has 0 radical (unpaired) electrons. The zero-order chi connectivity index (χ0) is 20.3. The Balaban J connectivity index is 1.63. The number of alkyl halides is 3. The summed E-state index contributed by atoms with van der Waals surface area (Å²) < 4.78 is 43.6. The van der Waals surface area contributed by atoms with Gasteiger partial charge < -0.3 is 9.64 Å². The van der Waals surface area contributed by atoms with Crippen LogP contribution >= 0.6 is 11.8 Å². The first-order valence-corrected chi connectivity index (χ1v) is 9.27. The van der Waals surface area contributed by atoms with Crippen LogP contribution in [0.2, 0.25) is 0 Å². The van der Waals surface area contributed by atoms with Crippen LogP contribution in [0.15, 0.2) is 48.5 Å². The van der Waals surface area contributed by atoms with E-state index in [1.807, 2.05) is 0 Å². The highest BCUT2D eigenvalue weighted by Gasteiger charge is 2.33. The molecule has 1 saturated heterocycles. The van der Waals surface area contributed by atoms with Crippen molar-refractivity contribution in [1.82, 2.24) is 4.90 Å². The van der Waals surface area contributed by atoms with Crippen LogP contribution in [0.25, 0.3) is 0 Å². The second-order valence-corrected chi connectivity index (χ2v) is 7.25. The highest BCUT2D eigenvalue weighted by atomic mass is 32.2. The highest BCUT2D eigenvalue weighted by Crippen LogP contribution is 2.30. The molecular formula is C18H15F3N2O4S. The van der Waals surface area contributed by atoms with Gasteiger partial charge in [0.25, 0.3) is 11.6 Å². The Morgan fingerprint density at radius 3 is 2.39 bits per heavy atom. The lowest BCUT2D eigenvalue weighted by Gasteiger charge is -2.24. The van der Waals surface area contributed by atoms with E-state index in [9.17, 15) is 28.1 Å². The Morgan fingerprint density at radius 2 is 1.82 bits per heavy atom. The predicted octanol–water partition coefficient (Wildman–Crippen LogP) is 4.21. The number of rotatable bonds is 5. The summed E-state index contributed by atoms with van der Waals surface area (Å²) in [6, 6.07) is 9.70. The molecule has 0 unspecified atom stereocenters. The molecule has 1 atom stereocenters. The topological polar surface area (TPSA) is 72.7 Å². The van der Waals surface area contributed by atoms with Gasteiger partial charge in [0.1, 0.15) is 17.7 Å². The van der Waals surface area contributed by atoms with Gasteiger partial charge in [-0.1, -0.05) is 0 Å². The summed E-state index contributed by atoms with van der Waals surface area (Å²) in [6.45, 7) is 0.619. The second-order valence-electron chi connectivity index (χ2n) is 5.96. The van der Waals surface area contributed by atoms with Crippen LogP contribution in [0.5, 0.6) is 5.75 Å². The van der Waals surface area contributed by atoms with Crippen LogP contribution < -0.4 is 4.74 Å². The molecule has 28 heavy (non-hydrogen) atoms. The van der Waals surface area contributed by atoms with E-state index < -0.39 is 16.7 Å². The molecule has 2 aromatic rings. The van der Waals surface area contributed by atoms with Gasteiger partial charge in [-0.15, -0.1) is 11.8 Å².